The number of aromatic nitrogens is 3. The SMILES string of the molecule is CCC(C)C(N)c1ncnn1CC. The lowest BCUT2D eigenvalue weighted by molar-refractivity contribution is 0.417. The second-order valence-electron chi connectivity index (χ2n) is 3.35. The van der Waals surface area contributed by atoms with Crippen molar-refractivity contribution in [2.45, 2.75) is 39.8 Å². The van der Waals surface area contributed by atoms with E-state index in [0.717, 1.165) is 18.8 Å². The Kier molecular flexibility index (Phi) is 3.42. The lowest BCUT2D eigenvalue weighted by Gasteiger charge is -2.17. The lowest BCUT2D eigenvalue weighted by atomic mass is 9.99. The molecular weight excluding hydrogens is 164 g/mol. The maximum Gasteiger partial charge on any atom is 0.144 e. The largest absolute Gasteiger partial charge is 0.321 e. The second-order valence-corrected chi connectivity index (χ2v) is 3.35. The zero-order valence-corrected chi connectivity index (χ0v) is 8.57. The Morgan fingerprint density at radius 3 is 2.77 bits per heavy atom. The molecule has 4 heteroatoms. The molecule has 0 saturated carbocycles. The van der Waals surface area contributed by atoms with E-state index < -0.39 is 0 Å². The summed E-state index contributed by atoms with van der Waals surface area (Å²) in [7, 11) is 0. The average molecular weight is 182 g/mol. The fourth-order valence-corrected chi connectivity index (χ4v) is 1.28. The van der Waals surface area contributed by atoms with Gasteiger partial charge in [-0.3, -0.25) is 0 Å². The molecule has 0 amide bonds. The maximum atomic E-state index is 6.05. The zero-order valence-electron chi connectivity index (χ0n) is 8.57. The molecule has 2 unspecified atom stereocenters. The van der Waals surface area contributed by atoms with Crippen molar-refractivity contribution in [1.29, 1.82) is 0 Å². The van der Waals surface area contributed by atoms with Crippen LogP contribution in [-0.2, 0) is 6.54 Å². The first kappa shape index (κ1) is 10.2. The quantitative estimate of drug-likeness (QED) is 0.764. The van der Waals surface area contributed by atoms with Gasteiger partial charge in [0.15, 0.2) is 0 Å². The highest BCUT2D eigenvalue weighted by Gasteiger charge is 2.17. The van der Waals surface area contributed by atoms with Crippen molar-refractivity contribution in [3.63, 3.8) is 0 Å². The predicted molar refractivity (Wildman–Crippen MR) is 52.1 cm³/mol. The average Bonchev–Trinajstić information content (AvgIpc) is 2.62. The summed E-state index contributed by atoms with van der Waals surface area (Å²) in [6.07, 6.45) is 2.64. The van der Waals surface area contributed by atoms with Gasteiger partial charge in [0, 0.05) is 6.54 Å². The van der Waals surface area contributed by atoms with E-state index in [4.69, 9.17) is 5.73 Å². The van der Waals surface area contributed by atoms with Crippen LogP contribution in [0.2, 0.25) is 0 Å². The van der Waals surface area contributed by atoms with E-state index in [1.54, 1.807) is 6.33 Å². The normalized spacial score (nSPS) is 15.7. The van der Waals surface area contributed by atoms with Gasteiger partial charge in [-0.15, -0.1) is 0 Å². The van der Waals surface area contributed by atoms with Crippen molar-refractivity contribution in [2.75, 3.05) is 0 Å². The Morgan fingerprint density at radius 2 is 2.23 bits per heavy atom. The number of nitrogens with zero attached hydrogens (tertiary/aromatic N) is 3. The van der Waals surface area contributed by atoms with Gasteiger partial charge in [-0.2, -0.15) is 5.10 Å². The highest BCUT2D eigenvalue weighted by molar-refractivity contribution is 4.94. The van der Waals surface area contributed by atoms with Crippen LogP contribution < -0.4 is 5.73 Å². The monoisotopic (exact) mass is 182 g/mol. The molecule has 13 heavy (non-hydrogen) atoms. The molecule has 1 heterocycles. The molecule has 0 fully saturated rings. The summed E-state index contributed by atoms with van der Waals surface area (Å²) in [6, 6.07) is 0.00690. The molecule has 0 bridgehead atoms. The third-order valence-corrected chi connectivity index (χ3v) is 2.50. The summed E-state index contributed by atoms with van der Waals surface area (Å²) in [4.78, 5) is 4.18. The van der Waals surface area contributed by atoms with Crippen LogP contribution in [0.4, 0.5) is 0 Å². The minimum absolute atomic E-state index is 0.00690. The molecule has 74 valence electrons. The highest BCUT2D eigenvalue weighted by atomic mass is 15.3. The van der Waals surface area contributed by atoms with Gasteiger partial charge in [0.25, 0.3) is 0 Å². The van der Waals surface area contributed by atoms with Gasteiger partial charge in [-0.25, -0.2) is 9.67 Å². The van der Waals surface area contributed by atoms with E-state index in [1.165, 1.54) is 0 Å². The summed E-state index contributed by atoms with van der Waals surface area (Å²) in [6.45, 7) is 7.15. The van der Waals surface area contributed by atoms with Gasteiger partial charge in [-0.1, -0.05) is 20.3 Å². The summed E-state index contributed by atoms with van der Waals surface area (Å²) >= 11 is 0. The second kappa shape index (κ2) is 4.37. The predicted octanol–water partition coefficient (Wildman–Crippen LogP) is 1.34. The molecule has 0 saturated heterocycles. The third kappa shape index (κ3) is 2.06. The van der Waals surface area contributed by atoms with E-state index in [-0.39, 0.29) is 6.04 Å². The van der Waals surface area contributed by atoms with Crippen LogP contribution in [0.1, 0.15) is 39.1 Å². The number of hydrogen-bond donors (Lipinski definition) is 1. The van der Waals surface area contributed by atoms with Crippen molar-refractivity contribution >= 4 is 0 Å². The van der Waals surface area contributed by atoms with Crippen LogP contribution in [0.15, 0.2) is 6.33 Å². The van der Waals surface area contributed by atoms with Crippen LogP contribution in [0.25, 0.3) is 0 Å². The fraction of sp³-hybridized carbons (Fsp3) is 0.778. The number of hydrogen-bond acceptors (Lipinski definition) is 3. The molecule has 0 spiro atoms. The van der Waals surface area contributed by atoms with Crippen molar-refractivity contribution in [3.05, 3.63) is 12.2 Å². The van der Waals surface area contributed by atoms with Gasteiger partial charge < -0.3 is 5.73 Å². The summed E-state index contributed by atoms with van der Waals surface area (Å²) in [5.41, 5.74) is 6.05. The van der Waals surface area contributed by atoms with Crippen LogP contribution in [-0.4, -0.2) is 14.8 Å². The van der Waals surface area contributed by atoms with Gasteiger partial charge in [0.1, 0.15) is 12.2 Å². The molecule has 0 aliphatic heterocycles. The van der Waals surface area contributed by atoms with Gasteiger partial charge >= 0.3 is 0 Å². The van der Waals surface area contributed by atoms with Gasteiger partial charge in [0.2, 0.25) is 0 Å². The van der Waals surface area contributed by atoms with Gasteiger partial charge in [0.05, 0.1) is 6.04 Å². The molecular formula is C9H18N4. The van der Waals surface area contributed by atoms with Crippen molar-refractivity contribution in [3.8, 4) is 0 Å². The molecule has 0 radical (unpaired) electrons. The summed E-state index contributed by atoms with van der Waals surface area (Å²) < 4.78 is 1.86. The third-order valence-electron chi connectivity index (χ3n) is 2.50. The van der Waals surface area contributed by atoms with Crippen molar-refractivity contribution < 1.29 is 0 Å². The molecule has 1 aromatic heterocycles. The molecule has 2 atom stereocenters. The Morgan fingerprint density at radius 1 is 1.54 bits per heavy atom. The molecule has 1 aromatic rings. The minimum atomic E-state index is 0.00690. The summed E-state index contributed by atoms with van der Waals surface area (Å²) in [5, 5.41) is 4.10. The zero-order chi connectivity index (χ0) is 9.84. The first-order chi connectivity index (χ1) is 6.20. The fourth-order valence-electron chi connectivity index (χ4n) is 1.28. The lowest BCUT2D eigenvalue weighted by Crippen LogP contribution is -2.23. The molecule has 0 aromatic carbocycles. The first-order valence-corrected chi connectivity index (χ1v) is 4.83. The Balaban J connectivity index is 2.81. The molecule has 0 aliphatic carbocycles. The number of aryl methyl sites for hydroxylation is 1. The molecule has 0 aliphatic rings. The number of rotatable bonds is 4. The van der Waals surface area contributed by atoms with Gasteiger partial charge in [-0.05, 0) is 12.8 Å². The van der Waals surface area contributed by atoms with E-state index in [1.807, 2.05) is 11.6 Å². The first-order valence-electron chi connectivity index (χ1n) is 4.83. The van der Waals surface area contributed by atoms with E-state index in [2.05, 4.69) is 23.9 Å². The van der Waals surface area contributed by atoms with E-state index in [9.17, 15) is 0 Å². The topological polar surface area (TPSA) is 56.7 Å². The van der Waals surface area contributed by atoms with Crippen LogP contribution in [0.5, 0.6) is 0 Å². The minimum Gasteiger partial charge on any atom is -0.321 e. The smallest absolute Gasteiger partial charge is 0.144 e. The molecule has 1 rings (SSSR count). The van der Waals surface area contributed by atoms with Crippen LogP contribution >= 0.6 is 0 Å². The van der Waals surface area contributed by atoms with E-state index in [0.29, 0.717) is 5.92 Å². The summed E-state index contributed by atoms with van der Waals surface area (Å²) in [5.74, 6) is 1.35. The molecule has 2 N–H and O–H groups in total. The highest BCUT2D eigenvalue weighted by Crippen LogP contribution is 2.19. The standard InChI is InChI=1S/C9H18N4/c1-4-7(3)8(10)9-11-6-12-13(9)5-2/h6-8H,4-5,10H2,1-3H3. The molecule has 4 nitrogen and oxygen atoms in total. The Bertz CT molecular complexity index is 256. The Labute approximate surface area is 79.2 Å². The van der Waals surface area contributed by atoms with Crippen LogP contribution in [0.3, 0.4) is 0 Å². The number of nitrogens with two attached hydrogens (primary N) is 1. The maximum absolute atomic E-state index is 6.05. The van der Waals surface area contributed by atoms with Crippen molar-refractivity contribution in [1.82, 2.24) is 14.8 Å². The van der Waals surface area contributed by atoms with Crippen molar-refractivity contribution in [2.24, 2.45) is 11.7 Å². The van der Waals surface area contributed by atoms with Crippen LogP contribution in [0, 0.1) is 5.92 Å². The Hall–Kier alpha value is -0.900. The van der Waals surface area contributed by atoms with E-state index >= 15 is 0 Å².